The molecule has 0 unspecified atom stereocenters. The maximum absolute atomic E-state index is 14.2. The number of benzene rings is 4. The van der Waals surface area contributed by atoms with E-state index in [-0.39, 0.29) is 46.9 Å². The fourth-order valence-electron chi connectivity index (χ4n) is 10.4. The van der Waals surface area contributed by atoms with Gasteiger partial charge in [0, 0.05) is 43.2 Å². The van der Waals surface area contributed by atoms with E-state index in [0.717, 1.165) is 61.2 Å². The van der Waals surface area contributed by atoms with Gasteiger partial charge in [0.1, 0.15) is 18.0 Å². The zero-order valence-corrected chi connectivity index (χ0v) is 39.4. The smallest absolute Gasteiger partial charge is 0.310 e. The molecular weight excluding hydrogens is 843 g/mol. The lowest BCUT2D eigenvalue weighted by atomic mass is 9.78. The Labute approximate surface area is 396 Å². The highest BCUT2D eigenvalue weighted by Crippen LogP contribution is 2.53. The van der Waals surface area contributed by atoms with Crippen LogP contribution < -0.4 is 10.1 Å². The molecule has 2 aliphatic carbocycles. The van der Waals surface area contributed by atoms with Gasteiger partial charge in [-0.05, 0) is 79.4 Å². The maximum atomic E-state index is 14.2. The van der Waals surface area contributed by atoms with Crippen molar-refractivity contribution in [2.45, 2.75) is 126 Å². The molecule has 8 nitrogen and oxygen atoms in total. The monoisotopic (exact) mass is 909 g/mol. The number of amides is 1. The van der Waals surface area contributed by atoms with E-state index in [1.165, 1.54) is 16.7 Å². The lowest BCUT2D eigenvalue weighted by molar-refractivity contribution is -0.161. The second kappa shape index (κ2) is 23.9. The molecule has 0 saturated heterocycles. The maximum Gasteiger partial charge on any atom is 0.310 e. The van der Waals surface area contributed by atoms with Gasteiger partial charge in [0.2, 0.25) is 5.91 Å². The van der Waals surface area contributed by atoms with Gasteiger partial charge in [-0.2, -0.15) is 0 Å². The van der Waals surface area contributed by atoms with Crippen molar-refractivity contribution in [2.75, 3.05) is 12.3 Å². The summed E-state index contributed by atoms with van der Waals surface area (Å²) in [5.41, 5.74) is 5.80. The van der Waals surface area contributed by atoms with Crippen molar-refractivity contribution in [3.8, 4) is 17.6 Å². The molecule has 0 radical (unpaired) electrons. The van der Waals surface area contributed by atoms with Crippen molar-refractivity contribution in [1.29, 1.82) is 0 Å². The summed E-state index contributed by atoms with van der Waals surface area (Å²) in [6, 6.07) is 38.4. The molecule has 348 valence electrons. The number of aliphatic carboxylic acids is 1. The van der Waals surface area contributed by atoms with Crippen LogP contribution in [-0.4, -0.2) is 58.7 Å². The van der Waals surface area contributed by atoms with E-state index in [1.807, 2.05) is 43.0 Å². The fourth-order valence-corrected chi connectivity index (χ4v) is 12.0. The molecule has 0 bridgehead atoms. The van der Waals surface area contributed by atoms with Crippen LogP contribution in [0.1, 0.15) is 125 Å². The summed E-state index contributed by atoms with van der Waals surface area (Å²) >= 11 is 1.99. The fraction of sp³-hybridized carbons (Fsp3) is 0.456. The van der Waals surface area contributed by atoms with E-state index in [4.69, 9.17) is 9.47 Å². The van der Waals surface area contributed by atoms with E-state index in [1.54, 1.807) is 6.92 Å². The topological polar surface area (TPSA) is 122 Å². The molecule has 0 spiro atoms. The predicted octanol–water partition coefficient (Wildman–Crippen LogP) is 11.0. The number of carbonyl (C=O) groups excluding carboxylic acids is 2. The van der Waals surface area contributed by atoms with Crippen LogP contribution in [-0.2, 0) is 30.3 Å². The van der Waals surface area contributed by atoms with E-state index in [2.05, 4.69) is 114 Å². The average molecular weight is 910 g/mol. The summed E-state index contributed by atoms with van der Waals surface area (Å²) in [7, 11) is 0. The average Bonchev–Trinajstić information content (AvgIpc) is 3.88. The van der Waals surface area contributed by atoms with E-state index in [0.29, 0.717) is 45.1 Å². The number of para-hydroxylation sites is 1. The molecule has 2 saturated carbocycles. The number of aryl methyl sites for hydroxylation is 1. The van der Waals surface area contributed by atoms with Gasteiger partial charge in [-0.15, -0.1) is 23.6 Å². The molecule has 3 N–H and O–H groups in total. The minimum Gasteiger partial charge on any atom is -0.489 e. The summed E-state index contributed by atoms with van der Waals surface area (Å²) in [6.45, 7) is 4.33. The summed E-state index contributed by atoms with van der Waals surface area (Å²) in [4.78, 5) is 39.3. The van der Waals surface area contributed by atoms with Crippen LogP contribution in [0.25, 0.3) is 0 Å². The van der Waals surface area contributed by atoms with Crippen molar-refractivity contribution in [1.82, 2.24) is 5.32 Å². The number of esters is 1. The molecule has 1 heterocycles. The predicted molar refractivity (Wildman–Crippen MR) is 263 cm³/mol. The number of unbranched alkanes of at least 4 members (excludes halogenated alkanes) is 3. The van der Waals surface area contributed by atoms with Gasteiger partial charge in [0.05, 0.1) is 22.7 Å². The van der Waals surface area contributed by atoms with E-state index in [9.17, 15) is 24.6 Å². The van der Waals surface area contributed by atoms with Crippen molar-refractivity contribution in [3.63, 3.8) is 0 Å². The standard InChI is InChI=1S/C57H67NO7S/c1-3-4-22-40(2)49(59)36-35-47-50(39-51-53(47)48-33-20-23-41(54(48)64-51)24-21-34-52(60)61)65-56(63)46-32-17-16-31-45(46)55(62)58-37-18-5-6-19-38-66-57(42-25-10-7-11-26-42,43-27-12-8-13-28-43)44-29-14-9-15-30-44/h7-15,20,23,25-30,33,35-36,40,45-47,49-51,53,59H,5-6,16-19,21-22,24,31-32,34,37-39H2,1-2H3,(H,58,62)(H,60,61)/b36-35+/t40-,45-,46+,47-,49+,50+,51-,53-/m0/s1. The Morgan fingerprint density at radius 3 is 2.12 bits per heavy atom. The molecule has 9 heteroatoms. The molecule has 2 fully saturated rings. The number of carboxylic acids is 1. The molecule has 4 aromatic carbocycles. The van der Waals surface area contributed by atoms with Gasteiger partial charge >= 0.3 is 11.9 Å². The first-order chi connectivity index (χ1) is 32.2. The number of aliphatic hydroxyl groups excluding tert-OH is 1. The number of nitrogens with one attached hydrogen (secondary N) is 1. The van der Waals surface area contributed by atoms with Gasteiger partial charge in [-0.1, -0.05) is 154 Å². The minimum atomic E-state index is -0.823. The number of ether oxygens (including phenoxy) is 2. The lowest BCUT2D eigenvalue weighted by Gasteiger charge is -2.35. The first-order valence-electron chi connectivity index (χ1n) is 24.3. The van der Waals surface area contributed by atoms with Crippen LogP contribution in [0, 0.1) is 35.5 Å². The first-order valence-corrected chi connectivity index (χ1v) is 25.2. The highest BCUT2D eigenvalue weighted by atomic mass is 32.2. The number of carbonyl (C=O) groups is 3. The second-order valence-corrected chi connectivity index (χ2v) is 19.7. The third kappa shape index (κ3) is 11.8. The Hall–Kier alpha value is -5.30. The van der Waals surface area contributed by atoms with E-state index < -0.39 is 30.0 Å². The molecule has 3 aliphatic rings. The Morgan fingerprint density at radius 2 is 1.48 bits per heavy atom. The second-order valence-electron chi connectivity index (χ2n) is 18.4. The molecule has 1 amide bonds. The van der Waals surface area contributed by atoms with Crippen LogP contribution in [0.4, 0.5) is 0 Å². The minimum absolute atomic E-state index is 0.0645. The highest BCUT2D eigenvalue weighted by Gasteiger charge is 2.52. The molecule has 8 atom stereocenters. The summed E-state index contributed by atoms with van der Waals surface area (Å²) in [5.74, 6) is 5.14. The zero-order chi connectivity index (χ0) is 46.3. The first kappa shape index (κ1) is 48.6. The number of rotatable bonds is 22. The van der Waals surface area contributed by atoms with Crippen molar-refractivity contribution >= 4 is 29.6 Å². The highest BCUT2D eigenvalue weighted by molar-refractivity contribution is 8.00. The molecule has 0 aromatic heterocycles. The Kier molecular flexibility index (Phi) is 17.6. The van der Waals surface area contributed by atoms with Gasteiger partial charge < -0.3 is 25.0 Å². The van der Waals surface area contributed by atoms with Crippen molar-refractivity contribution in [2.24, 2.45) is 23.7 Å². The molecular formula is C57H67NO7S. The molecule has 4 aromatic rings. The summed E-state index contributed by atoms with van der Waals surface area (Å²) < 4.78 is 12.7. The Morgan fingerprint density at radius 1 is 0.848 bits per heavy atom. The van der Waals surface area contributed by atoms with E-state index >= 15 is 0 Å². The summed E-state index contributed by atoms with van der Waals surface area (Å²) in [5, 5.41) is 23.5. The van der Waals surface area contributed by atoms with Crippen LogP contribution in [0.2, 0.25) is 0 Å². The van der Waals surface area contributed by atoms with Crippen LogP contribution >= 0.6 is 11.8 Å². The third-order valence-electron chi connectivity index (χ3n) is 13.9. The number of fused-ring (bicyclic) bond motifs is 3. The zero-order valence-electron chi connectivity index (χ0n) is 38.6. The van der Waals surface area contributed by atoms with Crippen LogP contribution in [0.5, 0.6) is 5.75 Å². The van der Waals surface area contributed by atoms with Gasteiger partial charge in [0.25, 0.3) is 0 Å². The SMILES string of the molecule is CC#CC[C@H](C)[C@H](O)/C=C/[C@@H]1[C@H]2c3cccc(CCCC(=O)O)c3O[C@H]2C[C@H]1OC(=O)[C@@H]1CCCC[C@@H]1C(=O)NCCCCCCSC(c1ccccc1)(c1ccccc1)c1ccccc1. The molecule has 7 rings (SSSR count). The Balaban J connectivity index is 0.942. The number of carboxylic acid groups (broad SMARTS) is 1. The molecule has 66 heavy (non-hydrogen) atoms. The number of thioether (sulfide) groups is 1. The molecule has 1 aliphatic heterocycles. The van der Waals surface area contributed by atoms with Crippen molar-refractivity contribution in [3.05, 3.63) is 149 Å². The number of hydrogen-bond acceptors (Lipinski definition) is 7. The van der Waals surface area contributed by atoms with Crippen molar-refractivity contribution < 1.29 is 34.1 Å². The van der Waals surface area contributed by atoms with Gasteiger partial charge in [-0.3, -0.25) is 14.4 Å². The van der Waals surface area contributed by atoms with Crippen LogP contribution in [0.15, 0.2) is 121 Å². The van der Waals surface area contributed by atoms with Gasteiger partial charge in [-0.25, -0.2) is 0 Å². The lowest BCUT2D eigenvalue weighted by Crippen LogP contribution is -2.41. The largest absolute Gasteiger partial charge is 0.489 e. The quantitative estimate of drug-likeness (QED) is 0.0234. The number of aliphatic hydroxyl groups is 1. The van der Waals surface area contributed by atoms with Crippen LogP contribution in [0.3, 0.4) is 0 Å². The van der Waals surface area contributed by atoms with Gasteiger partial charge in [0.15, 0.2) is 0 Å². The third-order valence-corrected chi connectivity index (χ3v) is 15.6. The normalized spacial score (nSPS) is 22.0. The Bertz CT molecular complexity index is 2190. The summed E-state index contributed by atoms with van der Waals surface area (Å²) in [6.07, 6.45) is 11.6. The number of hydrogen-bond donors (Lipinski definition) is 3.